The van der Waals surface area contributed by atoms with Crippen molar-refractivity contribution in [2.45, 2.75) is 62.6 Å². The molecule has 168 valence electrons. The highest BCUT2D eigenvalue weighted by Crippen LogP contribution is 2.53. The van der Waals surface area contributed by atoms with Crippen molar-refractivity contribution in [2.75, 3.05) is 5.75 Å². The molecule has 0 aromatic carbocycles. The summed E-state index contributed by atoms with van der Waals surface area (Å²) in [5, 5.41) is 0. The molecule has 3 fully saturated rings. The van der Waals surface area contributed by atoms with Crippen LogP contribution >= 0.6 is 0 Å². The molecular weight excluding hydrogens is 434 g/mol. The third-order valence-corrected chi connectivity index (χ3v) is 7.07. The predicted octanol–water partition coefficient (Wildman–Crippen LogP) is 4.11. The number of halogens is 6. The minimum atomic E-state index is -6.36. The van der Waals surface area contributed by atoms with Gasteiger partial charge in [0.25, 0.3) is 10.1 Å². The van der Waals surface area contributed by atoms with E-state index in [4.69, 9.17) is 9.29 Å². The van der Waals surface area contributed by atoms with Gasteiger partial charge in [0, 0.05) is 0 Å². The van der Waals surface area contributed by atoms with E-state index in [1.165, 1.54) is 0 Å². The van der Waals surface area contributed by atoms with Crippen molar-refractivity contribution in [3.8, 4) is 0 Å². The molecule has 3 aliphatic carbocycles. The molecule has 1 N–H and O–H groups in total. The zero-order valence-corrected chi connectivity index (χ0v) is 15.8. The summed E-state index contributed by atoms with van der Waals surface area (Å²) >= 11 is 0. The summed E-state index contributed by atoms with van der Waals surface area (Å²) in [5.41, 5.74) is -5.44. The van der Waals surface area contributed by atoms with Gasteiger partial charge in [-0.3, -0.25) is 4.55 Å². The Morgan fingerprint density at radius 3 is 2.07 bits per heavy atom. The van der Waals surface area contributed by atoms with Crippen LogP contribution in [0.4, 0.5) is 31.1 Å². The van der Waals surface area contributed by atoms with Gasteiger partial charge in [0.2, 0.25) is 0 Å². The highest BCUT2D eigenvalue weighted by atomic mass is 32.2. The van der Waals surface area contributed by atoms with Crippen LogP contribution in [0.15, 0.2) is 0 Å². The molecule has 3 saturated carbocycles. The van der Waals surface area contributed by atoms with E-state index >= 15 is 0 Å². The van der Waals surface area contributed by atoms with Gasteiger partial charge in [-0.25, -0.2) is 4.79 Å². The zero-order chi connectivity index (χ0) is 21.8. The van der Waals surface area contributed by atoms with Gasteiger partial charge < -0.3 is 9.47 Å². The van der Waals surface area contributed by atoms with E-state index in [0.717, 1.165) is 25.7 Å². The van der Waals surface area contributed by atoms with Crippen molar-refractivity contribution in [3.05, 3.63) is 0 Å². The smallest absolute Gasteiger partial charge is 0.431 e. The fraction of sp³-hybridized carbons (Fsp3) is 0.938. The second kappa shape index (κ2) is 7.17. The van der Waals surface area contributed by atoms with Gasteiger partial charge in [0.1, 0.15) is 11.9 Å². The Bertz CT molecular complexity index is 728. The van der Waals surface area contributed by atoms with Crippen LogP contribution < -0.4 is 0 Å². The Hall–Kier alpha value is -1.24. The molecule has 0 spiro atoms. The lowest BCUT2D eigenvalue weighted by Crippen LogP contribution is -2.63. The Morgan fingerprint density at radius 1 is 0.931 bits per heavy atom. The Morgan fingerprint density at radius 2 is 1.52 bits per heavy atom. The predicted molar refractivity (Wildman–Crippen MR) is 84.3 cm³/mol. The van der Waals surface area contributed by atoms with Gasteiger partial charge in [-0.05, 0) is 55.8 Å². The summed E-state index contributed by atoms with van der Waals surface area (Å²) in [6.45, 7) is 0. The van der Waals surface area contributed by atoms with Crippen molar-refractivity contribution in [1.29, 1.82) is 0 Å². The van der Waals surface area contributed by atoms with Crippen LogP contribution in [0.1, 0.15) is 38.5 Å². The molecule has 0 aliphatic heterocycles. The SMILES string of the molecule is O=C(OC1CC2CC3CCC1C(C3)C2)OC(CS(=O)(=O)O)(C(F)(F)F)C(F)(F)F. The molecule has 0 aromatic rings. The quantitative estimate of drug-likeness (QED) is 0.391. The number of rotatable bonds is 4. The van der Waals surface area contributed by atoms with Crippen LogP contribution in [0.25, 0.3) is 0 Å². The molecule has 0 saturated heterocycles. The normalized spacial score (nSPS) is 32.7. The number of hydrogen-bond donors (Lipinski definition) is 1. The van der Waals surface area contributed by atoms with Crippen molar-refractivity contribution >= 4 is 16.3 Å². The molecule has 3 bridgehead atoms. The minimum absolute atomic E-state index is 0.168. The Balaban J connectivity index is 1.81. The summed E-state index contributed by atoms with van der Waals surface area (Å²) in [6.07, 6.45) is -11.4. The maximum atomic E-state index is 13.2. The molecule has 3 rings (SSSR count). The van der Waals surface area contributed by atoms with Crippen molar-refractivity contribution in [3.63, 3.8) is 0 Å². The average Bonchev–Trinajstić information content (AvgIpc) is 2.49. The Labute approximate surface area is 162 Å². The number of fused-ring (bicyclic) bond motifs is 2. The molecule has 5 atom stereocenters. The van der Waals surface area contributed by atoms with E-state index < -0.39 is 46.1 Å². The van der Waals surface area contributed by atoms with Crippen LogP contribution in [-0.4, -0.2) is 48.9 Å². The van der Waals surface area contributed by atoms with Gasteiger partial charge in [0.15, 0.2) is 0 Å². The Kier molecular flexibility index (Phi) is 5.55. The lowest BCUT2D eigenvalue weighted by Gasteiger charge is -2.51. The van der Waals surface area contributed by atoms with E-state index in [1.54, 1.807) is 0 Å². The first-order valence-corrected chi connectivity index (χ1v) is 10.7. The van der Waals surface area contributed by atoms with E-state index in [-0.39, 0.29) is 17.8 Å². The monoisotopic (exact) mass is 454 g/mol. The summed E-state index contributed by atoms with van der Waals surface area (Å²) in [4.78, 5) is 12.0. The number of ether oxygens (including phenoxy) is 2. The molecule has 0 radical (unpaired) electrons. The van der Waals surface area contributed by atoms with Gasteiger partial charge >= 0.3 is 24.1 Å². The molecule has 29 heavy (non-hydrogen) atoms. The third-order valence-electron chi connectivity index (χ3n) is 6.30. The molecular formula is C16H20F6O6S. The van der Waals surface area contributed by atoms with Crippen molar-refractivity contribution < 1.29 is 53.6 Å². The third kappa shape index (κ3) is 4.44. The molecule has 6 nitrogen and oxygen atoms in total. The molecule has 5 unspecified atom stereocenters. The molecule has 0 heterocycles. The van der Waals surface area contributed by atoms with Gasteiger partial charge in [-0.1, -0.05) is 6.42 Å². The average molecular weight is 454 g/mol. The van der Waals surface area contributed by atoms with Crippen LogP contribution in [0, 0.1) is 23.7 Å². The zero-order valence-electron chi connectivity index (χ0n) is 15.0. The number of hydrogen-bond acceptors (Lipinski definition) is 5. The van der Waals surface area contributed by atoms with E-state index in [9.17, 15) is 39.6 Å². The maximum absolute atomic E-state index is 13.2. The molecule has 3 aliphatic rings. The summed E-state index contributed by atoms with van der Waals surface area (Å²) < 4.78 is 118. The fourth-order valence-corrected chi connectivity index (χ4v) is 6.10. The van der Waals surface area contributed by atoms with E-state index in [1.807, 2.05) is 0 Å². The lowest BCUT2D eigenvalue weighted by atomic mass is 9.56. The molecule has 0 aromatic heterocycles. The van der Waals surface area contributed by atoms with E-state index in [0.29, 0.717) is 18.8 Å². The second-order valence-electron chi connectivity index (χ2n) is 8.23. The second-order valence-corrected chi connectivity index (χ2v) is 9.69. The highest BCUT2D eigenvalue weighted by molar-refractivity contribution is 7.85. The maximum Gasteiger partial charge on any atom is 0.509 e. The van der Waals surface area contributed by atoms with Crippen molar-refractivity contribution in [2.24, 2.45) is 23.7 Å². The molecule has 13 heteroatoms. The number of carbonyl (C=O) groups is 1. The lowest BCUT2D eigenvalue weighted by molar-refractivity contribution is -0.360. The molecule has 0 amide bonds. The van der Waals surface area contributed by atoms with E-state index in [2.05, 4.69) is 4.74 Å². The minimum Gasteiger partial charge on any atom is -0.431 e. The number of alkyl halides is 6. The fourth-order valence-electron chi connectivity index (χ4n) is 5.20. The first-order valence-electron chi connectivity index (χ1n) is 9.09. The van der Waals surface area contributed by atoms with Crippen LogP contribution in [0.5, 0.6) is 0 Å². The summed E-state index contributed by atoms with van der Waals surface area (Å²) in [5.74, 6) is -2.19. The number of carbonyl (C=O) groups excluding carboxylic acids is 1. The highest BCUT2D eigenvalue weighted by Gasteiger charge is 2.76. The summed E-state index contributed by atoms with van der Waals surface area (Å²) in [6, 6.07) is 0. The van der Waals surface area contributed by atoms with Gasteiger partial charge in [-0.15, -0.1) is 0 Å². The van der Waals surface area contributed by atoms with Crippen LogP contribution in [0.2, 0.25) is 0 Å². The van der Waals surface area contributed by atoms with Crippen LogP contribution in [-0.2, 0) is 19.6 Å². The standard InChI is InChI=1S/C16H20F6O6S/c17-15(18,19)14(16(20,21)22,7-29(24,25)26)28-13(23)27-12-6-9-3-8-1-2-11(12)10(4-8)5-9/h8-12H,1-7H2,(H,24,25,26). The first kappa shape index (κ1) is 22.4. The van der Waals surface area contributed by atoms with Gasteiger partial charge in [0.05, 0.1) is 0 Å². The topological polar surface area (TPSA) is 89.9 Å². The van der Waals surface area contributed by atoms with Gasteiger partial charge in [-0.2, -0.15) is 34.8 Å². The van der Waals surface area contributed by atoms with Crippen molar-refractivity contribution in [1.82, 2.24) is 0 Å². The van der Waals surface area contributed by atoms with Crippen LogP contribution in [0.3, 0.4) is 0 Å². The summed E-state index contributed by atoms with van der Waals surface area (Å²) in [7, 11) is -5.82. The largest absolute Gasteiger partial charge is 0.509 e. The first-order chi connectivity index (χ1) is 13.1.